The number of aromatic nitrogens is 3. The Bertz CT molecular complexity index is 3370. The summed E-state index contributed by atoms with van der Waals surface area (Å²) >= 11 is 0. The summed E-state index contributed by atoms with van der Waals surface area (Å²) in [6.07, 6.45) is 0. The van der Waals surface area contributed by atoms with Crippen molar-refractivity contribution in [3.05, 3.63) is 235 Å². The molecule has 12 rings (SSSR count). The van der Waals surface area contributed by atoms with Gasteiger partial charge < -0.3 is 0 Å². The van der Waals surface area contributed by atoms with Gasteiger partial charge in [-0.05, 0) is 57.0 Å². The predicted octanol–water partition coefficient (Wildman–Crippen LogP) is 13.8. The van der Waals surface area contributed by atoms with E-state index in [1.54, 1.807) is 0 Å². The van der Waals surface area contributed by atoms with Crippen LogP contribution in [0.1, 0.15) is 22.3 Å². The first-order valence-electron chi connectivity index (χ1n) is 20.2. The summed E-state index contributed by atoms with van der Waals surface area (Å²) < 4.78 is 0. The van der Waals surface area contributed by atoms with Crippen molar-refractivity contribution in [2.75, 3.05) is 0 Å². The van der Waals surface area contributed by atoms with Gasteiger partial charge in [0.05, 0.1) is 39.0 Å². The first-order chi connectivity index (χ1) is 29.3. The van der Waals surface area contributed by atoms with Crippen molar-refractivity contribution in [2.24, 2.45) is 0 Å². The summed E-state index contributed by atoms with van der Waals surface area (Å²) in [5, 5.41) is 5.67. The maximum absolute atomic E-state index is 5.50. The van der Waals surface area contributed by atoms with Crippen molar-refractivity contribution in [1.29, 1.82) is 0 Å². The molecule has 3 heterocycles. The number of pyridine rings is 3. The van der Waals surface area contributed by atoms with Crippen molar-refractivity contribution < 1.29 is 0 Å². The lowest BCUT2D eigenvalue weighted by Crippen LogP contribution is -2.28. The smallest absolute Gasteiger partial charge is 0.0972 e. The highest BCUT2D eigenvalue weighted by atomic mass is 14.8. The molecule has 3 aromatic heterocycles. The van der Waals surface area contributed by atoms with Gasteiger partial charge >= 0.3 is 0 Å². The minimum Gasteiger partial charge on any atom is -0.247 e. The molecule has 3 heteroatoms. The van der Waals surface area contributed by atoms with Crippen LogP contribution >= 0.6 is 0 Å². The van der Waals surface area contributed by atoms with Crippen LogP contribution in [0.25, 0.3) is 88.4 Å². The third-order valence-corrected chi connectivity index (χ3v) is 12.3. The van der Waals surface area contributed by atoms with Crippen LogP contribution in [-0.4, -0.2) is 15.0 Å². The lowest BCUT2D eigenvalue weighted by Gasteiger charge is -2.34. The minimum atomic E-state index is -0.471. The second-order valence-corrected chi connectivity index (χ2v) is 15.5. The highest BCUT2D eigenvalue weighted by Gasteiger charge is 2.46. The van der Waals surface area contributed by atoms with Crippen molar-refractivity contribution in [3.8, 4) is 44.9 Å². The van der Waals surface area contributed by atoms with Crippen LogP contribution in [0.5, 0.6) is 0 Å². The number of fused-ring (bicyclic) bond motifs is 10. The summed E-state index contributed by atoms with van der Waals surface area (Å²) in [6.45, 7) is 0. The molecule has 0 amide bonds. The monoisotopic (exact) mass is 749 g/mol. The first-order valence-corrected chi connectivity index (χ1v) is 20.2. The molecular weight excluding hydrogens is 715 g/mol. The van der Waals surface area contributed by atoms with Gasteiger partial charge in [0.25, 0.3) is 0 Å². The van der Waals surface area contributed by atoms with Gasteiger partial charge in [0.2, 0.25) is 0 Å². The second-order valence-electron chi connectivity index (χ2n) is 15.5. The van der Waals surface area contributed by atoms with E-state index in [2.05, 4.69) is 194 Å². The quantitative estimate of drug-likeness (QED) is 0.165. The Kier molecular flexibility index (Phi) is 7.45. The number of rotatable bonds is 5. The van der Waals surface area contributed by atoms with Gasteiger partial charge in [0, 0.05) is 38.2 Å². The van der Waals surface area contributed by atoms with E-state index in [1.807, 2.05) is 18.2 Å². The largest absolute Gasteiger partial charge is 0.247 e. The number of hydrogen-bond donors (Lipinski definition) is 0. The van der Waals surface area contributed by atoms with E-state index in [0.717, 1.165) is 66.5 Å². The van der Waals surface area contributed by atoms with Crippen molar-refractivity contribution in [1.82, 2.24) is 15.0 Å². The molecule has 0 saturated heterocycles. The molecule has 3 nitrogen and oxygen atoms in total. The third-order valence-electron chi connectivity index (χ3n) is 12.3. The maximum Gasteiger partial charge on any atom is 0.0972 e. The molecule has 0 aliphatic heterocycles. The first kappa shape index (κ1) is 33.4. The Morgan fingerprint density at radius 3 is 1.49 bits per heavy atom. The van der Waals surface area contributed by atoms with E-state index in [4.69, 9.17) is 15.0 Å². The topological polar surface area (TPSA) is 38.7 Å². The molecule has 0 saturated carbocycles. The molecule has 1 aliphatic rings. The van der Waals surface area contributed by atoms with Gasteiger partial charge in [0.15, 0.2) is 0 Å². The average molecular weight is 750 g/mol. The molecule has 0 radical (unpaired) electrons. The SMILES string of the molecule is c1ccc(-c2ccc3ccc4ccc(-c5ccc(-c6nc7ccc8c(c7c7ccccc67)-c6ccccc6C8(c6ccccc6)c6ccccc6)cc5)nc4c3n2)cc1. The van der Waals surface area contributed by atoms with E-state index in [0.29, 0.717) is 0 Å². The van der Waals surface area contributed by atoms with Crippen LogP contribution in [0.4, 0.5) is 0 Å². The number of nitrogens with zero attached hydrogens (tertiary/aromatic N) is 3. The molecule has 59 heavy (non-hydrogen) atoms. The molecule has 0 N–H and O–H groups in total. The molecular formula is C56H35N3. The maximum atomic E-state index is 5.50. The third kappa shape index (κ3) is 5.05. The minimum absolute atomic E-state index is 0.471. The van der Waals surface area contributed by atoms with E-state index in [-0.39, 0.29) is 0 Å². The van der Waals surface area contributed by atoms with Crippen LogP contribution in [0, 0.1) is 0 Å². The van der Waals surface area contributed by atoms with E-state index in [1.165, 1.54) is 44.2 Å². The molecule has 11 aromatic rings. The van der Waals surface area contributed by atoms with Gasteiger partial charge in [-0.1, -0.05) is 194 Å². The molecule has 0 bridgehead atoms. The predicted molar refractivity (Wildman–Crippen MR) is 243 cm³/mol. The van der Waals surface area contributed by atoms with Crippen LogP contribution in [0.2, 0.25) is 0 Å². The summed E-state index contributed by atoms with van der Waals surface area (Å²) in [6, 6.07) is 76.1. The Morgan fingerprint density at radius 2 is 0.847 bits per heavy atom. The van der Waals surface area contributed by atoms with Gasteiger partial charge in [0.1, 0.15) is 0 Å². The highest BCUT2D eigenvalue weighted by molar-refractivity contribution is 6.18. The summed E-state index contributed by atoms with van der Waals surface area (Å²) in [7, 11) is 0. The molecule has 0 atom stereocenters. The summed E-state index contributed by atoms with van der Waals surface area (Å²) in [5.41, 5.74) is 16.0. The van der Waals surface area contributed by atoms with E-state index >= 15 is 0 Å². The molecule has 0 unspecified atom stereocenters. The van der Waals surface area contributed by atoms with Crippen LogP contribution in [0.15, 0.2) is 212 Å². The van der Waals surface area contributed by atoms with E-state index in [9.17, 15) is 0 Å². The zero-order valence-electron chi connectivity index (χ0n) is 32.0. The van der Waals surface area contributed by atoms with Crippen molar-refractivity contribution >= 4 is 43.5 Å². The van der Waals surface area contributed by atoms with Gasteiger partial charge in [-0.2, -0.15) is 0 Å². The molecule has 1 aliphatic carbocycles. The van der Waals surface area contributed by atoms with E-state index < -0.39 is 5.41 Å². The fourth-order valence-electron chi connectivity index (χ4n) is 9.69. The molecule has 0 spiro atoms. The van der Waals surface area contributed by atoms with Crippen LogP contribution < -0.4 is 0 Å². The number of hydrogen-bond acceptors (Lipinski definition) is 3. The lowest BCUT2D eigenvalue weighted by molar-refractivity contribution is 0.769. The molecule has 8 aromatic carbocycles. The fourth-order valence-corrected chi connectivity index (χ4v) is 9.69. The zero-order valence-corrected chi connectivity index (χ0v) is 32.0. The summed E-state index contributed by atoms with van der Waals surface area (Å²) in [4.78, 5) is 15.9. The highest BCUT2D eigenvalue weighted by Crippen LogP contribution is 2.58. The van der Waals surface area contributed by atoms with Crippen molar-refractivity contribution in [3.63, 3.8) is 0 Å². The Morgan fingerprint density at radius 1 is 0.339 bits per heavy atom. The fraction of sp³-hybridized carbons (Fsp3) is 0.0179. The van der Waals surface area contributed by atoms with Crippen LogP contribution in [0.3, 0.4) is 0 Å². The van der Waals surface area contributed by atoms with Gasteiger partial charge in [-0.3, -0.25) is 0 Å². The second kappa shape index (κ2) is 13.2. The Balaban J connectivity index is 1.01. The lowest BCUT2D eigenvalue weighted by atomic mass is 9.67. The van der Waals surface area contributed by atoms with Gasteiger partial charge in [-0.15, -0.1) is 0 Å². The van der Waals surface area contributed by atoms with Crippen LogP contribution in [-0.2, 0) is 5.41 Å². The number of benzene rings is 8. The normalized spacial score (nSPS) is 12.9. The molecule has 274 valence electrons. The Labute approximate surface area is 342 Å². The average Bonchev–Trinajstić information content (AvgIpc) is 3.63. The standard InChI is InChI=1S/C56H35N3/c1-4-14-36(15-5-1)48-33-30-39-28-29-40-31-34-49(58-55(40)54(39)57-48)37-24-26-38(27-25-37)53-44-21-11-10-20-43(44)52-50(59-53)35-32-47-51(52)45-22-12-13-23-46(45)56(47,41-16-6-2-7-17-41)42-18-8-3-9-19-42/h1-35H. The summed E-state index contributed by atoms with van der Waals surface area (Å²) in [5.74, 6) is 0. The van der Waals surface area contributed by atoms with Crippen molar-refractivity contribution in [2.45, 2.75) is 5.41 Å². The van der Waals surface area contributed by atoms with Gasteiger partial charge in [-0.25, -0.2) is 15.0 Å². The molecule has 0 fully saturated rings. The Hall–Kier alpha value is -7.75. The zero-order chi connectivity index (χ0) is 38.9.